The van der Waals surface area contributed by atoms with Crippen LogP contribution < -0.4 is 5.73 Å². The van der Waals surface area contributed by atoms with Crippen LogP contribution in [0.5, 0.6) is 0 Å². The van der Waals surface area contributed by atoms with Crippen molar-refractivity contribution in [3.63, 3.8) is 0 Å². The number of nitrogens with two attached hydrogens (primary N) is 1. The summed E-state index contributed by atoms with van der Waals surface area (Å²) in [7, 11) is 0. The second-order valence-corrected chi connectivity index (χ2v) is 2.44. The zero-order chi connectivity index (χ0) is 9.72. The van der Waals surface area contributed by atoms with E-state index in [1.54, 1.807) is 0 Å². The first-order valence-electron chi connectivity index (χ1n) is 3.40. The van der Waals surface area contributed by atoms with Gasteiger partial charge in [-0.15, -0.1) is 12.4 Å². The molecule has 0 bridgehead atoms. The maximum Gasteiger partial charge on any atom is 0.139 e. The number of carbonyl (C=O) groups excluding carboxylic acids is 1. The second kappa shape index (κ2) is 7.19. The molecule has 80 valence electrons. The number of rotatable bonds is 5. The van der Waals surface area contributed by atoms with Crippen molar-refractivity contribution >= 4 is 18.7 Å². The Morgan fingerprint density at radius 3 is 2.00 bits per heavy atom. The van der Waals surface area contributed by atoms with Crippen LogP contribution in [0, 0.1) is 0 Å². The molecule has 0 heterocycles. The topological polar surface area (TPSA) is 124 Å². The van der Waals surface area contributed by atoms with Gasteiger partial charge in [0.2, 0.25) is 0 Å². The standard InChI is InChI=1S/C6H13NO5.ClH/c7-3(1-8)5(11)6(12)4(10)2-9;/h1,3-6,9-12H,2,7H2;1H/t3-,4+,5+,6-;/m0./s1/i1+2;. The monoisotopic (exact) mass is 217 g/mol. The highest BCUT2D eigenvalue weighted by Crippen LogP contribution is 2.01. The first kappa shape index (κ1) is 15.2. The van der Waals surface area contributed by atoms with Crippen molar-refractivity contribution in [3.8, 4) is 0 Å². The second-order valence-electron chi connectivity index (χ2n) is 2.44. The van der Waals surface area contributed by atoms with E-state index in [4.69, 9.17) is 26.2 Å². The molecular formula is C6H14ClNO5. The molecule has 0 aliphatic carbocycles. The molecule has 0 amide bonds. The fourth-order valence-corrected chi connectivity index (χ4v) is 0.644. The highest BCUT2D eigenvalue weighted by molar-refractivity contribution is 5.85. The van der Waals surface area contributed by atoms with Crippen LogP contribution in [-0.4, -0.2) is 57.7 Å². The van der Waals surface area contributed by atoms with Crippen LogP contribution in [0.3, 0.4) is 0 Å². The third kappa shape index (κ3) is 4.51. The van der Waals surface area contributed by atoms with Gasteiger partial charge < -0.3 is 31.0 Å². The summed E-state index contributed by atoms with van der Waals surface area (Å²) in [5, 5.41) is 35.2. The van der Waals surface area contributed by atoms with Crippen molar-refractivity contribution in [2.75, 3.05) is 6.61 Å². The third-order valence-electron chi connectivity index (χ3n) is 1.48. The molecule has 0 aliphatic heterocycles. The van der Waals surface area contributed by atoms with E-state index < -0.39 is 31.0 Å². The molecule has 0 saturated heterocycles. The summed E-state index contributed by atoms with van der Waals surface area (Å²) in [6.45, 7) is -0.705. The Hall–Kier alpha value is -0.240. The van der Waals surface area contributed by atoms with E-state index in [0.29, 0.717) is 0 Å². The van der Waals surface area contributed by atoms with Gasteiger partial charge >= 0.3 is 0 Å². The van der Waals surface area contributed by atoms with Gasteiger partial charge in [-0.3, -0.25) is 0 Å². The van der Waals surface area contributed by atoms with Gasteiger partial charge in [-0.1, -0.05) is 0 Å². The van der Waals surface area contributed by atoms with Crippen molar-refractivity contribution in [2.45, 2.75) is 24.4 Å². The number of aliphatic hydroxyl groups excluding tert-OH is 4. The molecular weight excluding hydrogens is 204 g/mol. The van der Waals surface area contributed by atoms with Gasteiger partial charge in [0.1, 0.15) is 24.6 Å². The number of aldehydes is 1. The Balaban J connectivity index is 0. The maximum atomic E-state index is 10.0. The van der Waals surface area contributed by atoms with Crippen molar-refractivity contribution in [2.24, 2.45) is 5.73 Å². The first-order valence-corrected chi connectivity index (χ1v) is 3.40. The normalized spacial score (nSPS) is 19.5. The Bertz CT molecular complexity index is 147. The summed E-state index contributed by atoms with van der Waals surface area (Å²) in [6.07, 6.45) is -4.43. The number of carbonyl (C=O) groups is 1. The molecule has 13 heavy (non-hydrogen) atoms. The molecule has 6 nitrogen and oxygen atoms in total. The lowest BCUT2D eigenvalue weighted by Gasteiger charge is -2.23. The Kier molecular flexibility index (Phi) is 8.43. The van der Waals surface area contributed by atoms with Crippen LogP contribution in [0.25, 0.3) is 0 Å². The zero-order valence-electron chi connectivity index (χ0n) is 6.78. The van der Waals surface area contributed by atoms with Gasteiger partial charge in [0.25, 0.3) is 0 Å². The lowest BCUT2D eigenvalue weighted by Crippen LogP contribution is -2.49. The highest BCUT2D eigenvalue weighted by atomic mass is 35.5. The van der Waals surface area contributed by atoms with E-state index in [1.807, 2.05) is 0 Å². The minimum absolute atomic E-state index is 0. The van der Waals surface area contributed by atoms with Crippen molar-refractivity contribution < 1.29 is 25.2 Å². The van der Waals surface area contributed by atoms with Gasteiger partial charge in [0, 0.05) is 0 Å². The first-order chi connectivity index (χ1) is 5.54. The molecule has 0 aromatic heterocycles. The van der Waals surface area contributed by atoms with Crippen LogP contribution in [0.1, 0.15) is 0 Å². The largest absolute Gasteiger partial charge is 0.394 e. The average Bonchev–Trinajstić information content (AvgIpc) is 2.12. The molecule has 0 rings (SSSR count). The van der Waals surface area contributed by atoms with Crippen molar-refractivity contribution in [1.29, 1.82) is 0 Å². The molecule has 0 unspecified atom stereocenters. The van der Waals surface area contributed by atoms with E-state index in [2.05, 4.69) is 0 Å². The highest BCUT2D eigenvalue weighted by Gasteiger charge is 2.28. The van der Waals surface area contributed by atoms with Gasteiger partial charge in [0.05, 0.1) is 12.6 Å². The summed E-state index contributed by atoms with van der Waals surface area (Å²) in [4.78, 5) is 10.0. The molecule has 0 aliphatic rings. The van der Waals surface area contributed by atoms with Crippen LogP contribution >= 0.6 is 12.4 Å². The zero-order valence-corrected chi connectivity index (χ0v) is 7.59. The van der Waals surface area contributed by atoms with Gasteiger partial charge in [-0.25, -0.2) is 0 Å². The molecule has 0 fully saturated rings. The lowest BCUT2D eigenvalue weighted by molar-refractivity contribution is -0.118. The minimum Gasteiger partial charge on any atom is -0.394 e. The number of aliphatic hydroxyl groups is 4. The summed E-state index contributed by atoms with van der Waals surface area (Å²) in [5.74, 6) is 0. The van der Waals surface area contributed by atoms with Gasteiger partial charge in [0.15, 0.2) is 0 Å². The van der Waals surface area contributed by atoms with Crippen LogP contribution in [-0.2, 0) is 4.79 Å². The molecule has 6 N–H and O–H groups in total. The van der Waals surface area contributed by atoms with E-state index in [9.17, 15) is 4.79 Å². The molecule has 0 spiro atoms. The quantitative estimate of drug-likeness (QED) is 0.313. The number of halogens is 1. The summed E-state index contributed by atoms with van der Waals surface area (Å²) in [6, 6.07) is -1.26. The Labute approximate surface area is 81.4 Å². The molecule has 0 radical (unpaired) electrons. The lowest BCUT2D eigenvalue weighted by atomic mass is 10.1. The van der Waals surface area contributed by atoms with Crippen LogP contribution in [0.4, 0.5) is 0 Å². The van der Waals surface area contributed by atoms with E-state index in [-0.39, 0.29) is 18.7 Å². The number of hydrogen-bond acceptors (Lipinski definition) is 6. The fraction of sp³-hybridized carbons (Fsp3) is 0.833. The third-order valence-corrected chi connectivity index (χ3v) is 1.48. The average molecular weight is 218 g/mol. The maximum absolute atomic E-state index is 10.0. The van der Waals surface area contributed by atoms with E-state index in [1.165, 1.54) is 0 Å². The molecule has 0 aromatic rings. The summed E-state index contributed by atoms with van der Waals surface area (Å²) >= 11 is 0. The smallest absolute Gasteiger partial charge is 0.139 e. The van der Waals surface area contributed by atoms with Crippen molar-refractivity contribution in [3.05, 3.63) is 0 Å². The molecule has 0 saturated carbocycles. The molecule has 0 aromatic carbocycles. The Morgan fingerprint density at radius 1 is 1.23 bits per heavy atom. The molecule has 7 heteroatoms. The van der Waals surface area contributed by atoms with E-state index in [0.717, 1.165) is 0 Å². The van der Waals surface area contributed by atoms with Crippen molar-refractivity contribution in [1.82, 2.24) is 0 Å². The van der Waals surface area contributed by atoms with Crippen LogP contribution in [0.2, 0.25) is 0 Å². The summed E-state index contributed by atoms with van der Waals surface area (Å²) < 4.78 is 0. The predicted molar refractivity (Wildman–Crippen MR) is 46.4 cm³/mol. The number of hydrogen-bond donors (Lipinski definition) is 5. The predicted octanol–water partition coefficient (Wildman–Crippen LogP) is -2.99. The van der Waals surface area contributed by atoms with Gasteiger partial charge in [-0.05, 0) is 0 Å². The van der Waals surface area contributed by atoms with Crippen LogP contribution in [0.15, 0.2) is 0 Å². The summed E-state index contributed by atoms with van der Waals surface area (Å²) in [5.41, 5.74) is 5.04. The van der Waals surface area contributed by atoms with Gasteiger partial charge in [-0.2, -0.15) is 0 Å². The minimum atomic E-state index is -1.62. The fourth-order valence-electron chi connectivity index (χ4n) is 0.644. The van der Waals surface area contributed by atoms with E-state index >= 15 is 0 Å². The Morgan fingerprint density at radius 2 is 1.69 bits per heavy atom. The molecule has 4 atom stereocenters. The SMILES string of the molecule is Cl.N[C@@H]([14CH]=O)[C@@H](O)[C@@H](O)[C@H](O)CO.